The Morgan fingerprint density at radius 2 is 2.38 bits per heavy atom. The minimum absolute atomic E-state index is 0.676. The lowest BCUT2D eigenvalue weighted by molar-refractivity contribution is 0.150. The molecule has 0 aromatic rings. The van der Waals surface area contributed by atoms with Gasteiger partial charge < -0.3 is 4.74 Å². The maximum Gasteiger partial charge on any atom is 0.0589 e. The van der Waals surface area contributed by atoms with E-state index in [-0.39, 0.29) is 0 Å². The molecule has 0 aromatic carbocycles. The fourth-order valence-corrected chi connectivity index (χ4v) is 1.85. The maximum atomic E-state index is 5.09. The molecule has 0 N–H and O–H groups in total. The zero-order chi connectivity index (χ0) is 9.52. The van der Waals surface area contributed by atoms with E-state index >= 15 is 0 Å². The number of ether oxygens (including phenoxy) is 1. The summed E-state index contributed by atoms with van der Waals surface area (Å²) in [5.41, 5.74) is 0. The Morgan fingerprint density at radius 3 is 3.08 bits per heavy atom. The molecule has 1 atom stereocenters. The molecule has 0 aliphatic carbocycles. The summed E-state index contributed by atoms with van der Waals surface area (Å²) in [6.07, 6.45) is 8.43. The van der Waals surface area contributed by atoms with Gasteiger partial charge in [-0.3, -0.25) is 4.90 Å². The molecule has 0 radical (unpaired) electrons. The van der Waals surface area contributed by atoms with Crippen molar-refractivity contribution in [3.63, 3.8) is 0 Å². The van der Waals surface area contributed by atoms with E-state index in [1.807, 2.05) is 0 Å². The minimum atomic E-state index is 0.676. The first-order valence-corrected chi connectivity index (χ1v) is 5.28. The smallest absolute Gasteiger partial charge is 0.0589 e. The summed E-state index contributed by atoms with van der Waals surface area (Å²) in [6.45, 7) is 5.36. The Kier molecular flexibility index (Phi) is 5.09. The van der Waals surface area contributed by atoms with Gasteiger partial charge in [0, 0.05) is 19.7 Å². The molecule has 1 aliphatic heterocycles. The van der Waals surface area contributed by atoms with Crippen molar-refractivity contribution in [1.29, 1.82) is 0 Å². The summed E-state index contributed by atoms with van der Waals surface area (Å²) in [4.78, 5) is 2.51. The van der Waals surface area contributed by atoms with Crippen LogP contribution in [0, 0.1) is 0 Å². The summed E-state index contributed by atoms with van der Waals surface area (Å²) in [5, 5.41) is 0. The molecule has 1 heterocycles. The predicted molar refractivity (Wildman–Crippen MR) is 55.9 cm³/mol. The van der Waals surface area contributed by atoms with Gasteiger partial charge in [-0.2, -0.15) is 0 Å². The van der Waals surface area contributed by atoms with Gasteiger partial charge in [-0.05, 0) is 25.8 Å². The predicted octanol–water partition coefficient (Wildman–Crippen LogP) is 2.06. The van der Waals surface area contributed by atoms with E-state index in [0.717, 1.165) is 19.6 Å². The SMILES string of the molecule is CC/C=C/C1CCCN1CCOC. The molecule has 2 heteroatoms. The van der Waals surface area contributed by atoms with Gasteiger partial charge in [-0.1, -0.05) is 19.1 Å². The number of hydrogen-bond donors (Lipinski definition) is 0. The monoisotopic (exact) mass is 183 g/mol. The first-order valence-electron chi connectivity index (χ1n) is 5.28. The molecule has 2 nitrogen and oxygen atoms in total. The highest BCUT2D eigenvalue weighted by Crippen LogP contribution is 2.17. The summed E-state index contributed by atoms with van der Waals surface area (Å²) >= 11 is 0. The fraction of sp³-hybridized carbons (Fsp3) is 0.818. The van der Waals surface area contributed by atoms with Gasteiger partial charge in [0.15, 0.2) is 0 Å². The summed E-state index contributed by atoms with van der Waals surface area (Å²) < 4.78 is 5.09. The van der Waals surface area contributed by atoms with Crippen LogP contribution in [0.1, 0.15) is 26.2 Å². The third-order valence-electron chi connectivity index (χ3n) is 2.59. The Balaban J connectivity index is 2.30. The van der Waals surface area contributed by atoms with Gasteiger partial charge in [-0.25, -0.2) is 0 Å². The van der Waals surface area contributed by atoms with Crippen molar-refractivity contribution in [2.45, 2.75) is 32.2 Å². The van der Waals surface area contributed by atoms with Crippen molar-refractivity contribution < 1.29 is 4.74 Å². The third kappa shape index (κ3) is 3.49. The van der Waals surface area contributed by atoms with Crippen molar-refractivity contribution in [2.75, 3.05) is 26.8 Å². The number of likely N-dealkylation sites (tertiary alicyclic amines) is 1. The topological polar surface area (TPSA) is 12.5 Å². The van der Waals surface area contributed by atoms with Crippen molar-refractivity contribution in [3.8, 4) is 0 Å². The van der Waals surface area contributed by atoms with Gasteiger partial charge in [0.1, 0.15) is 0 Å². The second kappa shape index (κ2) is 6.17. The molecule has 1 aliphatic rings. The average molecular weight is 183 g/mol. The van der Waals surface area contributed by atoms with Gasteiger partial charge >= 0.3 is 0 Å². The molecule has 1 fully saturated rings. The quantitative estimate of drug-likeness (QED) is 0.605. The number of allylic oxidation sites excluding steroid dienone is 1. The largest absolute Gasteiger partial charge is 0.383 e. The Labute approximate surface area is 81.6 Å². The molecule has 0 spiro atoms. The normalized spacial score (nSPS) is 24.6. The molecule has 1 unspecified atom stereocenters. The van der Waals surface area contributed by atoms with Gasteiger partial charge in [0.25, 0.3) is 0 Å². The van der Waals surface area contributed by atoms with Crippen LogP contribution in [0.15, 0.2) is 12.2 Å². The Hall–Kier alpha value is -0.340. The fourth-order valence-electron chi connectivity index (χ4n) is 1.85. The lowest BCUT2D eigenvalue weighted by Crippen LogP contribution is -2.30. The van der Waals surface area contributed by atoms with E-state index in [9.17, 15) is 0 Å². The summed E-state index contributed by atoms with van der Waals surface area (Å²) in [7, 11) is 1.77. The lowest BCUT2D eigenvalue weighted by Gasteiger charge is -2.21. The molecule has 13 heavy (non-hydrogen) atoms. The van der Waals surface area contributed by atoms with E-state index in [4.69, 9.17) is 4.74 Å². The number of nitrogens with zero attached hydrogens (tertiary/aromatic N) is 1. The van der Waals surface area contributed by atoms with Crippen LogP contribution >= 0.6 is 0 Å². The molecule has 0 bridgehead atoms. The summed E-state index contributed by atoms with van der Waals surface area (Å²) in [6, 6.07) is 0.676. The van der Waals surface area contributed by atoms with Crippen LogP contribution in [0.25, 0.3) is 0 Å². The highest BCUT2D eigenvalue weighted by atomic mass is 16.5. The lowest BCUT2D eigenvalue weighted by atomic mass is 10.2. The van der Waals surface area contributed by atoms with Crippen LogP contribution in [0.2, 0.25) is 0 Å². The standard InChI is InChI=1S/C11H21NO/c1-3-4-6-11-7-5-8-12(11)9-10-13-2/h4,6,11H,3,5,7-10H2,1-2H3/b6-4+. The average Bonchev–Trinajstić information content (AvgIpc) is 2.59. The van der Waals surface area contributed by atoms with Gasteiger partial charge in [0.05, 0.1) is 6.61 Å². The van der Waals surface area contributed by atoms with Crippen LogP contribution in [-0.4, -0.2) is 37.7 Å². The third-order valence-corrected chi connectivity index (χ3v) is 2.59. The van der Waals surface area contributed by atoms with Crippen molar-refractivity contribution >= 4 is 0 Å². The molecule has 1 rings (SSSR count). The van der Waals surface area contributed by atoms with Gasteiger partial charge in [-0.15, -0.1) is 0 Å². The van der Waals surface area contributed by atoms with E-state index < -0.39 is 0 Å². The van der Waals surface area contributed by atoms with Crippen LogP contribution in [0.5, 0.6) is 0 Å². The molecule has 0 aromatic heterocycles. The first-order chi connectivity index (χ1) is 6.38. The highest BCUT2D eigenvalue weighted by molar-refractivity contribution is 4.97. The Bertz CT molecular complexity index is 156. The second-order valence-corrected chi connectivity index (χ2v) is 3.57. The zero-order valence-corrected chi connectivity index (χ0v) is 8.83. The van der Waals surface area contributed by atoms with Crippen LogP contribution in [-0.2, 0) is 4.74 Å². The zero-order valence-electron chi connectivity index (χ0n) is 8.83. The molecular formula is C11H21NO. The first kappa shape index (κ1) is 10.7. The van der Waals surface area contributed by atoms with E-state index in [1.165, 1.54) is 19.4 Å². The number of rotatable bonds is 5. The molecular weight excluding hydrogens is 162 g/mol. The number of methoxy groups -OCH3 is 1. The molecule has 76 valence electrons. The second-order valence-electron chi connectivity index (χ2n) is 3.57. The molecule has 1 saturated heterocycles. The highest BCUT2D eigenvalue weighted by Gasteiger charge is 2.20. The molecule has 0 amide bonds. The number of hydrogen-bond acceptors (Lipinski definition) is 2. The van der Waals surface area contributed by atoms with E-state index in [2.05, 4.69) is 24.0 Å². The maximum absolute atomic E-state index is 5.09. The van der Waals surface area contributed by atoms with Gasteiger partial charge in [0.2, 0.25) is 0 Å². The van der Waals surface area contributed by atoms with Crippen molar-refractivity contribution in [3.05, 3.63) is 12.2 Å². The Morgan fingerprint density at radius 1 is 1.54 bits per heavy atom. The van der Waals surface area contributed by atoms with Crippen LogP contribution in [0.3, 0.4) is 0 Å². The van der Waals surface area contributed by atoms with E-state index in [1.54, 1.807) is 7.11 Å². The van der Waals surface area contributed by atoms with Crippen molar-refractivity contribution in [2.24, 2.45) is 0 Å². The summed E-state index contributed by atoms with van der Waals surface area (Å²) in [5.74, 6) is 0. The minimum Gasteiger partial charge on any atom is -0.383 e. The van der Waals surface area contributed by atoms with Crippen LogP contribution < -0.4 is 0 Å². The van der Waals surface area contributed by atoms with Crippen molar-refractivity contribution in [1.82, 2.24) is 4.90 Å². The van der Waals surface area contributed by atoms with Crippen LogP contribution in [0.4, 0.5) is 0 Å². The molecule has 0 saturated carbocycles. The van der Waals surface area contributed by atoms with E-state index in [0.29, 0.717) is 6.04 Å².